The molecule has 0 N–H and O–H groups in total. The number of benzene rings is 1. The smallest absolute Gasteiger partial charge is 0.294 e. The fourth-order valence-corrected chi connectivity index (χ4v) is 3.88. The Balaban J connectivity index is 1.99. The number of carbonyl (C=O) groups is 2. The standard InChI is InChI=1S/C19H15BrN2O2S/c1-4-9-21-18(23)17(25-19(21)24)11-14-10-12(2)22(13(14)3)16-7-5-15(20)6-8-16/h1,5-8,10-11H,9H2,2-3H3/b17-11-. The molecule has 0 radical (unpaired) electrons. The van der Waals surface area contributed by atoms with Crippen molar-refractivity contribution in [1.29, 1.82) is 0 Å². The van der Waals surface area contributed by atoms with E-state index in [1.54, 1.807) is 6.08 Å². The summed E-state index contributed by atoms with van der Waals surface area (Å²) < 4.78 is 3.13. The van der Waals surface area contributed by atoms with E-state index in [-0.39, 0.29) is 17.7 Å². The van der Waals surface area contributed by atoms with Crippen LogP contribution in [0.2, 0.25) is 0 Å². The first-order chi connectivity index (χ1) is 11.9. The van der Waals surface area contributed by atoms with Crippen molar-refractivity contribution in [3.05, 3.63) is 56.7 Å². The van der Waals surface area contributed by atoms with Crippen molar-refractivity contribution in [2.24, 2.45) is 0 Å². The van der Waals surface area contributed by atoms with Gasteiger partial charge in [0.2, 0.25) is 0 Å². The molecule has 0 saturated carbocycles. The second-order valence-electron chi connectivity index (χ2n) is 5.61. The number of hydrogen-bond acceptors (Lipinski definition) is 3. The quantitative estimate of drug-likeness (QED) is 0.547. The minimum atomic E-state index is -0.332. The Hall–Kier alpha value is -2.23. The van der Waals surface area contributed by atoms with Gasteiger partial charge in [-0.1, -0.05) is 21.9 Å². The number of amides is 2. The van der Waals surface area contributed by atoms with Gasteiger partial charge in [0.05, 0.1) is 11.4 Å². The van der Waals surface area contributed by atoms with Crippen LogP contribution < -0.4 is 0 Å². The van der Waals surface area contributed by atoms with Crippen molar-refractivity contribution in [1.82, 2.24) is 9.47 Å². The van der Waals surface area contributed by atoms with Crippen LogP contribution in [-0.2, 0) is 4.79 Å². The zero-order chi connectivity index (χ0) is 18.1. The van der Waals surface area contributed by atoms with Crippen molar-refractivity contribution in [3.8, 4) is 18.0 Å². The molecule has 3 rings (SSSR count). The summed E-state index contributed by atoms with van der Waals surface area (Å²) in [7, 11) is 0. The molecule has 126 valence electrons. The molecule has 0 aliphatic carbocycles. The average Bonchev–Trinajstić information content (AvgIpc) is 3.00. The Morgan fingerprint density at radius 2 is 1.92 bits per heavy atom. The summed E-state index contributed by atoms with van der Waals surface area (Å²) in [5.41, 5.74) is 4.00. The van der Waals surface area contributed by atoms with E-state index in [0.717, 1.165) is 43.8 Å². The van der Waals surface area contributed by atoms with Crippen LogP contribution in [0.1, 0.15) is 17.0 Å². The van der Waals surface area contributed by atoms with Gasteiger partial charge in [0, 0.05) is 21.5 Å². The van der Waals surface area contributed by atoms with E-state index in [9.17, 15) is 9.59 Å². The van der Waals surface area contributed by atoms with Gasteiger partial charge in [0.15, 0.2) is 0 Å². The van der Waals surface area contributed by atoms with Gasteiger partial charge in [-0.3, -0.25) is 14.5 Å². The molecule has 1 aromatic heterocycles. The molecular weight excluding hydrogens is 400 g/mol. The molecule has 0 unspecified atom stereocenters. The summed E-state index contributed by atoms with van der Waals surface area (Å²) in [4.78, 5) is 25.7. The summed E-state index contributed by atoms with van der Waals surface area (Å²) >= 11 is 4.37. The fraction of sp³-hybridized carbons (Fsp3) is 0.158. The summed E-state index contributed by atoms with van der Waals surface area (Å²) in [5.74, 6) is 2.01. The minimum Gasteiger partial charge on any atom is -0.318 e. The number of nitrogens with zero attached hydrogens (tertiary/aromatic N) is 2. The Kier molecular flexibility index (Phi) is 4.89. The van der Waals surface area contributed by atoms with Gasteiger partial charge >= 0.3 is 0 Å². The van der Waals surface area contributed by atoms with Crippen molar-refractivity contribution >= 4 is 44.9 Å². The first kappa shape index (κ1) is 17.6. The molecule has 0 atom stereocenters. The maximum atomic E-state index is 12.3. The molecule has 1 aliphatic rings. The number of imide groups is 1. The molecule has 25 heavy (non-hydrogen) atoms. The highest BCUT2D eigenvalue weighted by Crippen LogP contribution is 2.33. The van der Waals surface area contributed by atoms with Crippen LogP contribution in [0, 0.1) is 26.2 Å². The fourth-order valence-electron chi connectivity index (χ4n) is 2.79. The lowest BCUT2D eigenvalue weighted by molar-refractivity contribution is -0.122. The number of aryl methyl sites for hydroxylation is 1. The lowest BCUT2D eigenvalue weighted by atomic mass is 10.2. The zero-order valence-corrected chi connectivity index (χ0v) is 16.1. The maximum absolute atomic E-state index is 12.3. The molecule has 2 amide bonds. The summed E-state index contributed by atoms with van der Waals surface area (Å²) in [5, 5.41) is -0.323. The normalized spacial score (nSPS) is 15.9. The lowest BCUT2D eigenvalue weighted by Crippen LogP contribution is -2.28. The van der Waals surface area contributed by atoms with Crippen molar-refractivity contribution in [2.45, 2.75) is 13.8 Å². The maximum Gasteiger partial charge on any atom is 0.294 e. The number of hydrogen-bond donors (Lipinski definition) is 0. The van der Waals surface area contributed by atoms with Gasteiger partial charge in [0.1, 0.15) is 0 Å². The van der Waals surface area contributed by atoms with E-state index in [0.29, 0.717) is 4.91 Å². The van der Waals surface area contributed by atoms with Crippen LogP contribution >= 0.6 is 27.7 Å². The second-order valence-corrected chi connectivity index (χ2v) is 7.52. The highest BCUT2D eigenvalue weighted by atomic mass is 79.9. The number of carbonyl (C=O) groups excluding carboxylic acids is 2. The van der Waals surface area contributed by atoms with E-state index >= 15 is 0 Å². The highest BCUT2D eigenvalue weighted by molar-refractivity contribution is 9.10. The SMILES string of the molecule is C#CCN1C(=O)S/C(=C\c2cc(C)n(-c3ccc(Br)cc3)c2C)C1=O. The lowest BCUT2D eigenvalue weighted by Gasteiger charge is -2.09. The molecule has 1 saturated heterocycles. The molecule has 0 bridgehead atoms. The van der Waals surface area contributed by atoms with E-state index < -0.39 is 0 Å². The number of aromatic nitrogens is 1. The Morgan fingerprint density at radius 1 is 1.24 bits per heavy atom. The first-order valence-corrected chi connectivity index (χ1v) is 9.17. The Labute approximate surface area is 159 Å². The number of halogens is 1. The van der Waals surface area contributed by atoms with Gasteiger partial charge in [-0.25, -0.2) is 0 Å². The zero-order valence-electron chi connectivity index (χ0n) is 13.7. The van der Waals surface area contributed by atoms with E-state index in [1.807, 2.05) is 44.2 Å². The molecular formula is C19H15BrN2O2S. The Bertz CT molecular complexity index is 936. The van der Waals surface area contributed by atoms with Gasteiger partial charge in [0.25, 0.3) is 11.1 Å². The second kappa shape index (κ2) is 6.95. The molecule has 1 aromatic carbocycles. The monoisotopic (exact) mass is 414 g/mol. The summed E-state index contributed by atoms with van der Waals surface area (Å²) in [6.45, 7) is 4.00. The van der Waals surface area contributed by atoms with E-state index in [2.05, 4.69) is 26.4 Å². The molecule has 1 fully saturated rings. The molecule has 2 heterocycles. The predicted octanol–water partition coefficient (Wildman–Crippen LogP) is 4.53. The summed E-state index contributed by atoms with van der Waals surface area (Å²) in [6.07, 6.45) is 6.98. The van der Waals surface area contributed by atoms with Gasteiger partial charge in [-0.2, -0.15) is 0 Å². The van der Waals surface area contributed by atoms with Crippen LogP contribution in [-0.4, -0.2) is 27.2 Å². The third-order valence-corrected chi connectivity index (χ3v) is 5.40. The van der Waals surface area contributed by atoms with E-state index in [4.69, 9.17) is 6.42 Å². The third-order valence-electron chi connectivity index (χ3n) is 3.96. The van der Waals surface area contributed by atoms with Crippen LogP contribution in [0.4, 0.5) is 4.79 Å². The topological polar surface area (TPSA) is 42.3 Å². The molecule has 6 heteroatoms. The van der Waals surface area contributed by atoms with Gasteiger partial charge in [-0.05, 0) is 67.6 Å². The molecule has 0 spiro atoms. The van der Waals surface area contributed by atoms with Crippen LogP contribution in [0.5, 0.6) is 0 Å². The van der Waals surface area contributed by atoms with Crippen LogP contribution in [0.3, 0.4) is 0 Å². The molecule has 2 aromatic rings. The van der Waals surface area contributed by atoms with Gasteiger partial charge < -0.3 is 4.57 Å². The number of rotatable bonds is 3. The van der Waals surface area contributed by atoms with Gasteiger partial charge in [-0.15, -0.1) is 6.42 Å². The Morgan fingerprint density at radius 3 is 2.56 bits per heavy atom. The van der Waals surface area contributed by atoms with Crippen molar-refractivity contribution < 1.29 is 9.59 Å². The number of thioether (sulfide) groups is 1. The van der Waals surface area contributed by atoms with Crippen LogP contribution in [0.25, 0.3) is 11.8 Å². The third kappa shape index (κ3) is 3.30. The average molecular weight is 415 g/mol. The highest BCUT2D eigenvalue weighted by Gasteiger charge is 2.34. The van der Waals surface area contributed by atoms with Crippen molar-refractivity contribution in [3.63, 3.8) is 0 Å². The van der Waals surface area contributed by atoms with Crippen molar-refractivity contribution in [2.75, 3.05) is 6.54 Å². The summed E-state index contributed by atoms with van der Waals surface area (Å²) in [6, 6.07) is 10.0. The molecule has 4 nitrogen and oxygen atoms in total. The largest absolute Gasteiger partial charge is 0.318 e. The minimum absolute atomic E-state index is 0.0000778. The number of terminal acetylenes is 1. The predicted molar refractivity (Wildman–Crippen MR) is 104 cm³/mol. The molecule has 1 aliphatic heterocycles. The van der Waals surface area contributed by atoms with Crippen LogP contribution in [0.15, 0.2) is 39.7 Å². The van der Waals surface area contributed by atoms with E-state index in [1.165, 1.54) is 0 Å². The first-order valence-electron chi connectivity index (χ1n) is 7.56.